The number of anilines is 2. The minimum Gasteiger partial charge on any atom is -0.422 e. The van der Waals surface area contributed by atoms with E-state index in [9.17, 15) is 18.0 Å². The minimum absolute atomic E-state index is 0.00601. The Morgan fingerprint density at radius 1 is 1.33 bits per heavy atom. The maximum atomic E-state index is 13.1. The van der Waals surface area contributed by atoms with E-state index in [0.717, 1.165) is 12.0 Å². The molecule has 0 radical (unpaired) electrons. The highest BCUT2D eigenvalue weighted by Crippen LogP contribution is 2.32. The summed E-state index contributed by atoms with van der Waals surface area (Å²) in [4.78, 5) is 17.8. The number of alkyl halides is 3. The van der Waals surface area contributed by atoms with Crippen molar-refractivity contribution in [3.63, 3.8) is 0 Å². The van der Waals surface area contributed by atoms with Crippen LogP contribution in [-0.2, 0) is 17.5 Å². The van der Waals surface area contributed by atoms with Gasteiger partial charge in [-0.15, -0.1) is 10.2 Å². The van der Waals surface area contributed by atoms with Crippen molar-refractivity contribution >= 4 is 23.1 Å². The lowest BCUT2D eigenvalue weighted by atomic mass is 10.0. The zero-order valence-corrected chi connectivity index (χ0v) is 18.0. The standard InChI is InChI=1S/C19H19ClF3N7O3/c1-10(26-13-5-25-28-17(31)16(13)19(21,22)23)8-32-9-15-27-29-18(33-15)11-6-30(7-11)14-3-2-12(20)4-24-14/h2-5,10-11H,6-9H2,1H3,(H2,26,28,31). The molecule has 10 nitrogen and oxygen atoms in total. The summed E-state index contributed by atoms with van der Waals surface area (Å²) in [5.74, 6) is 1.61. The van der Waals surface area contributed by atoms with E-state index in [1.807, 2.05) is 11.0 Å². The first-order valence-electron chi connectivity index (χ1n) is 9.88. The maximum absolute atomic E-state index is 13.1. The molecule has 14 heteroatoms. The van der Waals surface area contributed by atoms with E-state index in [0.29, 0.717) is 24.0 Å². The number of ether oxygens (including phenoxy) is 1. The van der Waals surface area contributed by atoms with E-state index in [1.54, 1.807) is 24.3 Å². The van der Waals surface area contributed by atoms with Crippen LogP contribution in [0.2, 0.25) is 5.02 Å². The molecule has 0 spiro atoms. The maximum Gasteiger partial charge on any atom is 0.423 e. The van der Waals surface area contributed by atoms with Crippen molar-refractivity contribution in [3.8, 4) is 0 Å². The molecule has 0 amide bonds. The highest BCUT2D eigenvalue weighted by molar-refractivity contribution is 6.30. The molecular formula is C19H19ClF3N7O3. The quantitative estimate of drug-likeness (QED) is 0.496. The van der Waals surface area contributed by atoms with Crippen molar-refractivity contribution in [2.75, 3.05) is 29.9 Å². The van der Waals surface area contributed by atoms with Crippen LogP contribution in [0.4, 0.5) is 24.7 Å². The van der Waals surface area contributed by atoms with Gasteiger partial charge in [-0.3, -0.25) is 4.79 Å². The number of aromatic amines is 1. The average Bonchev–Trinajstić information content (AvgIpc) is 3.15. The molecule has 1 aliphatic rings. The van der Waals surface area contributed by atoms with E-state index in [2.05, 4.69) is 25.6 Å². The summed E-state index contributed by atoms with van der Waals surface area (Å²) in [5.41, 5.74) is -3.08. The monoisotopic (exact) mass is 485 g/mol. The first-order chi connectivity index (χ1) is 15.7. The Kier molecular flexibility index (Phi) is 6.51. The number of halogens is 4. The number of aromatic nitrogens is 5. The number of hydrogen-bond acceptors (Lipinski definition) is 9. The molecule has 1 saturated heterocycles. The van der Waals surface area contributed by atoms with Gasteiger partial charge in [0.1, 0.15) is 18.0 Å². The smallest absolute Gasteiger partial charge is 0.422 e. The van der Waals surface area contributed by atoms with Crippen LogP contribution in [0.25, 0.3) is 0 Å². The predicted octanol–water partition coefficient (Wildman–Crippen LogP) is 2.84. The second kappa shape index (κ2) is 9.35. The molecule has 3 aromatic heterocycles. The molecular weight excluding hydrogens is 467 g/mol. The lowest BCUT2D eigenvalue weighted by Gasteiger charge is -2.38. The fourth-order valence-corrected chi connectivity index (χ4v) is 3.40. The largest absolute Gasteiger partial charge is 0.423 e. The van der Waals surface area contributed by atoms with Crippen LogP contribution in [-0.4, -0.2) is 51.1 Å². The highest BCUT2D eigenvalue weighted by atomic mass is 35.5. The number of hydrogen-bond donors (Lipinski definition) is 2. The number of nitrogens with one attached hydrogen (secondary N) is 2. The molecule has 4 rings (SSSR count). The topological polar surface area (TPSA) is 122 Å². The molecule has 1 unspecified atom stereocenters. The molecule has 2 N–H and O–H groups in total. The molecule has 1 atom stereocenters. The predicted molar refractivity (Wildman–Crippen MR) is 111 cm³/mol. The second-order valence-electron chi connectivity index (χ2n) is 7.52. The molecule has 1 aliphatic heterocycles. The third kappa shape index (κ3) is 5.42. The van der Waals surface area contributed by atoms with Gasteiger partial charge in [-0.2, -0.15) is 18.3 Å². The van der Waals surface area contributed by atoms with Gasteiger partial charge in [-0.25, -0.2) is 10.1 Å². The summed E-state index contributed by atoms with van der Waals surface area (Å²) in [6, 6.07) is 3.05. The van der Waals surface area contributed by atoms with Gasteiger partial charge in [0.15, 0.2) is 0 Å². The average molecular weight is 486 g/mol. The van der Waals surface area contributed by atoms with E-state index in [1.165, 1.54) is 0 Å². The van der Waals surface area contributed by atoms with Crippen molar-refractivity contribution in [2.24, 2.45) is 0 Å². The molecule has 0 bridgehead atoms. The third-order valence-electron chi connectivity index (χ3n) is 4.88. The molecule has 4 heterocycles. The van der Waals surface area contributed by atoms with Crippen LogP contribution in [0.15, 0.2) is 33.7 Å². The Morgan fingerprint density at radius 3 is 2.82 bits per heavy atom. The number of nitrogens with zero attached hydrogens (tertiary/aromatic N) is 5. The van der Waals surface area contributed by atoms with Gasteiger partial charge >= 0.3 is 6.18 Å². The van der Waals surface area contributed by atoms with Gasteiger partial charge in [0.2, 0.25) is 11.8 Å². The molecule has 0 saturated carbocycles. The van der Waals surface area contributed by atoms with E-state index in [4.69, 9.17) is 20.8 Å². The SMILES string of the molecule is CC(COCc1nnc(C2CN(c3ccc(Cl)cn3)C2)o1)Nc1cn[nH]c(=O)c1C(F)(F)F. The van der Waals surface area contributed by atoms with Crippen molar-refractivity contribution in [1.82, 2.24) is 25.4 Å². The van der Waals surface area contributed by atoms with Gasteiger partial charge in [-0.05, 0) is 19.1 Å². The number of rotatable bonds is 8. The molecule has 0 aromatic carbocycles. The van der Waals surface area contributed by atoms with E-state index >= 15 is 0 Å². The zero-order valence-electron chi connectivity index (χ0n) is 17.3. The van der Waals surface area contributed by atoms with Gasteiger partial charge < -0.3 is 19.4 Å². The normalized spacial score (nSPS) is 15.4. The Bertz CT molecular complexity index is 1150. The van der Waals surface area contributed by atoms with Crippen molar-refractivity contribution in [2.45, 2.75) is 31.7 Å². The molecule has 176 valence electrons. The second-order valence-corrected chi connectivity index (χ2v) is 7.95. The van der Waals surface area contributed by atoms with Gasteiger partial charge in [0.25, 0.3) is 5.56 Å². The fourth-order valence-electron chi connectivity index (χ4n) is 3.29. The summed E-state index contributed by atoms with van der Waals surface area (Å²) in [6.45, 7) is 2.97. The Hall–Kier alpha value is -3.19. The number of pyridine rings is 1. The van der Waals surface area contributed by atoms with Gasteiger partial charge in [0.05, 0.1) is 29.4 Å². The fraction of sp³-hybridized carbons (Fsp3) is 0.421. The Morgan fingerprint density at radius 2 is 2.12 bits per heavy atom. The van der Waals surface area contributed by atoms with Crippen molar-refractivity contribution in [3.05, 3.63) is 57.2 Å². The van der Waals surface area contributed by atoms with Crippen LogP contribution in [0.3, 0.4) is 0 Å². The van der Waals surface area contributed by atoms with Gasteiger partial charge in [-0.1, -0.05) is 11.6 Å². The highest BCUT2D eigenvalue weighted by Gasteiger charge is 2.37. The summed E-state index contributed by atoms with van der Waals surface area (Å²) >= 11 is 5.85. The molecule has 1 fully saturated rings. The Balaban J connectivity index is 1.25. The minimum atomic E-state index is -4.82. The third-order valence-corrected chi connectivity index (χ3v) is 5.11. The van der Waals surface area contributed by atoms with Crippen LogP contribution in [0.1, 0.15) is 30.2 Å². The van der Waals surface area contributed by atoms with Crippen LogP contribution in [0, 0.1) is 0 Å². The van der Waals surface area contributed by atoms with Gasteiger partial charge in [0, 0.05) is 25.3 Å². The first kappa shape index (κ1) is 23.0. The summed E-state index contributed by atoms with van der Waals surface area (Å²) < 4.78 is 50.4. The van der Waals surface area contributed by atoms with E-state index in [-0.39, 0.29) is 25.0 Å². The summed E-state index contributed by atoms with van der Waals surface area (Å²) in [7, 11) is 0. The molecule has 0 aliphatic carbocycles. The van der Waals surface area contributed by atoms with Crippen molar-refractivity contribution < 1.29 is 22.3 Å². The summed E-state index contributed by atoms with van der Waals surface area (Å²) in [5, 5.41) is 16.4. The van der Waals surface area contributed by atoms with Crippen LogP contribution >= 0.6 is 11.6 Å². The Labute approximate surface area is 190 Å². The lowest BCUT2D eigenvalue weighted by Crippen LogP contribution is -2.45. The summed E-state index contributed by atoms with van der Waals surface area (Å²) in [6.07, 6.45) is -2.33. The van der Waals surface area contributed by atoms with E-state index < -0.39 is 29.0 Å². The lowest BCUT2D eigenvalue weighted by molar-refractivity contribution is -0.138. The van der Waals surface area contributed by atoms with Crippen LogP contribution < -0.4 is 15.8 Å². The zero-order chi connectivity index (χ0) is 23.6. The molecule has 3 aromatic rings. The first-order valence-corrected chi connectivity index (χ1v) is 10.3. The number of H-pyrrole nitrogens is 1. The van der Waals surface area contributed by atoms with Crippen LogP contribution in [0.5, 0.6) is 0 Å². The van der Waals surface area contributed by atoms with Crippen molar-refractivity contribution in [1.29, 1.82) is 0 Å². The molecule has 33 heavy (non-hydrogen) atoms.